The van der Waals surface area contributed by atoms with E-state index in [1.165, 1.54) is 30.2 Å². The van der Waals surface area contributed by atoms with Gasteiger partial charge in [0.1, 0.15) is 17.5 Å². The van der Waals surface area contributed by atoms with E-state index in [-0.39, 0.29) is 36.2 Å². The monoisotopic (exact) mass is 459 g/mol. The van der Waals surface area contributed by atoms with Gasteiger partial charge in [-0.15, -0.1) is 0 Å². The quantitative estimate of drug-likeness (QED) is 0.383. The summed E-state index contributed by atoms with van der Waals surface area (Å²) >= 11 is 0. The number of hydrogen-bond donors (Lipinski definition) is 1. The highest BCUT2D eigenvalue weighted by atomic mass is 16.6. The minimum atomic E-state index is -0.735. The first-order chi connectivity index (χ1) is 15.8. The second-order valence-corrected chi connectivity index (χ2v) is 7.22. The van der Waals surface area contributed by atoms with Crippen LogP contribution in [0.25, 0.3) is 0 Å². The van der Waals surface area contributed by atoms with Gasteiger partial charge in [0.2, 0.25) is 11.7 Å². The number of ether oxygens (including phenoxy) is 3. The van der Waals surface area contributed by atoms with Crippen molar-refractivity contribution < 1.29 is 28.7 Å². The average Bonchev–Trinajstić information content (AvgIpc) is 2.83. The molecular weight excluding hydrogens is 430 g/mol. The summed E-state index contributed by atoms with van der Waals surface area (Å²) in [4.78, 5) is 37.5. The highest BCUT2D eigenvalue weighted by Gasteiger charge is 2.26. The van der Waals surface area contributed by atoms with Crippen molar-refractivity contribution in [3.05, 3.63) is 58.1 Å². The fourth-order valence-electron chi connectivity index (χ4n) is 3.03. The van der Waals surface area contributed by atoms with Crippen LogP contribution in [0.4, 0.5) is 5.69 Å². The van der Waals surface area contributed by atoms with E-state index in [0.29, 0.717) is 12.3 Å². The number of nitro benzene ring substituents is 1. The van der Waals surface area contributed by atoms with Crippen molar-refractivity contribution in [3.8, 4) is 17.2 Å². The first kappa shape index (κ1) is 25.4. The second kappa shape index (κ2) is 12.3. The standard InChI is InChI=1S/C23H29N3O7/c1-5-12-24-23(28)16(2)25(14-17-6-8-18(31-3)9-7-17)22(27)15-33-19-10-11-20(26(29)30)21(13-19)32-4/h6-11,13,16H,5,12,14-15H2,1-4H3,(H,24,28). The Bertz CT molecular complexity index is 963. The zero-order chi connectivity index (χ0) is 24.4. The van der Waals surface area contributed by atoms with Crippen LogP contribution in [-0.4, -0.2) is 55.1 Å². The minimum absolute atomic E-state index is 0.0207. The van der Waals surface area contributed by atoms with E-state index in [2.05, 4.69) is 5.32 Å². The van der Waals surface area contributed by atoms with Crippen molar-refractivity contribution in [2.45, 2.75) is 32.9 Å². The van der Waals surface area contributed by atoms with Crippen LogP contribution >= 0.6 is 0 Å². The number of carbonyl (C=O) groups is 2. The number of carbonyl (C=O) groups excluding carboxylic acids is 2. The third-order valence-corrected chi connectivity index (χ3v) is 4.94. The van der Waals surface area contributed by atoms with E-state index in [1.54, 1.807) is 26.2 Å². The third-order valence-electron chi connectivity index (χ3n) is 4.94. The van der Waals surface area contributed by atoms with Gasteiger partial charge in [0.15, 0.2) is 6.61 Å². The topological polar surface area (TPSA) is 120 Å². The Balaban J connectivity index is 2.17. The number of rotatable bonds is 12. The third kappa shape index (κ3) is 7.09. The van der Waals surface area contributed by atoms with E-state index in [4.69, 9.17) is 14.2 Å². The molecule has 0 fully saturated rings. The Morgan fingerprint density at radius 1 is 1.09 bits per heavy atom. The summed E-state index contributed by atoms with van der Waals surface area (Å²) in [5.74, 6) is 0.254. The van der Waals surface area contributed by atoms with Gasteiger partial charge in [-0.05, 0) is 37.1 Å². The van der Waals surface area contributed by atoms with Gasteiger partial charge in [-0.3, -0.25) is 19.7 Å². The lowest BCUT2D eigenvalue weighted by molar-refractivity contribution is -0.385. The lowest BCUT2D eigenvalue weighted by Gasteiger charge is -2.28. The van der Waals surface area contributed by atoms with Gasteiger partial charge in [-0.25, -0.2) is 0 Å². The Morgan fingerprint density at radius 3 is 2.33 bits per heavy atom. The Kier molecular flexibility index (Phi) is 9.46. The molecule has 2 rings (SSSR count). The van der Waals surface area contributed by atoms with Crippen LogP contribution < -0.4 is 19.5 Å². The molecule has 10 heteroatoms. The van der Waals surface area contributed by atoms with Crippen molar-refractivity contribution in [2.75, 3.05) is 27.4 Å². The zero-order valence-corrected chi connectivity index (χ0v) is 19.2. The molecule has 0 saturated carbocycles. The van der Waals surface area contributed by atoms with Crippen LogP contribution in [0.15, 0.2) is 42.5 Å². The fourth-order valence-corrected chi connectivity index (χ4v) is 3.03. The molecule has 10 nitrogen and oxygen atoms in total. The molecule has 1 N–H and O–H groups in total. The van der Waals surface area contributed by atoms with Crippen LogP contribution in [0.2, 0.25) is 0 Å². The first-order valence-corrected chi connectivity index (χ1v) is 10.5. The van der Waals surface area contributed by atoms with Crippen molar-refractivity contribution >= 4 is 17.5 Å². The Hall–Kier alpha value is -3.82. The molecule has 0 aliphatic rings. The summed E-state index contributed by atoms with van der Waals surface area (Å²) in [7, 11) is 2.87. The summed E-state index contributed by atoms with van der Waals surface area (Å²) in [5, 5.41) is 13.9. The van der Waals surface area contributed by atoms with E-state index in [9.17, 15) is 19.7 Å². The summed E-state index contributed by atoms with van der Waals surface area (Å²) < 4.78 is 15.8. The second-order valence-electron chi connectivity index (χ2n) is 7.22. The smallest absolute Gasteiger partial charge is 0.311 e. The van der Waals surface area contributed by atoms with Gasteiger partial charge < -0.3 is 24.4 Å². The highest BCUT2D eigenvalue weighted by Crippen LogP contribution is 2.30. The molecule has 2 aromatic rings. The Labute approximate surface area is 192 Å². The number of nitrogens with zero attached hydrogens (tertiary/aromatic N) is 2. The van der Waals surface area contributed by atoms with E-state index in [0.717, 1.165) is 12.0 Å². The SMILES string of the molecule is CCCNC(=O)C(C)N(Cc1ccc(OC)cc1)C(=O)COc1ccc([N+](=O)[O-])c(OC)c1. The summed E-state index contributed by atoms with van der Waals surface area (Å²) in [5.41, 5.74) is 0.606. The van der Waals surface area contributed by atoms with Crippen LogP contribution in [0.1, 0.15) is 25.8 Å². The Morgan fingerprint density at radius 2 is 1.76 bits per heavy atom. The lowest BCUT2D eigenvalue weighted by Crippen LogP contribution is -2.49. The highest BCUT2D eigenvalue weighted by molar-refractivity contribution is 5.88. The zero-order valence-electron chi connectivity index (χ0n) is 19.2. The van der Waals surface area contributed by atoms with Crippen molar-refractivity contribution in [1.29, 1.82) is 0 Å². The molecule has 1 atom stereocenters. The number of amides is 2. The van der Waals surface area contributed by atoms with Gasteiger partial charge in [-0.1, -0.05) is 19.1 Å². The van der Waals surface area contributed by atoms with Crippen molar-refractivity contribution in [3.63, 3.8) is 0 Å². The van der Waals surface area contributed by atoms with Gasteiger partial charge in [0.25, 0.3) is 5.91 Å². The number of benzene rings is 2. The molecule has 0 bridgehead atoms. The van der Waals surface area contributed by atoms with Crippen molar-refractivity contribution in [1.82, 2.24) is 10.2 Å². The fraction of sp³-hybridized carbons (Fsp3) is 0.391. The average molecular weight is 459 g/mol. The predicted octanol–water partition coefficient (Wildman–Crippen LogP) is 2.93. The normalized spacial score (nSPS) is 11.3. The molecule has 0 aliphatic heterocycles. The van der Waals surface area contributed by atoms with E-state index >= 15 is 0 Å². The molecule has 0 aliphatic carbocycles. The molecule has 0 heterocycles. The predicted molar refractivity (Wildman–Crippen MR) is 121 cm³/mol. The van der Waals surface area contributed by atoms with Crippen LogP contribution in [0.5, 0.6) is 17.2 Å². The van der Waals surface area contributed by atoms with Gasteiger partial charge >= 0.3 is 5.69 Å². The maximum absolute atomic E-state index is 13.1. The molecule has 2 amide bonds. The van der Waals surface area contributed by atoms with Crippen LogP contribution in [-0.2, 0) is 16.1 Å². The van der Waals surface area contributed by atoms with E-state index < -0.39 is 16.9 Å². The maximum Gasteiger partial charge on any atom is 0.311 e. The first-order valence-electron chi connectivity index (χ1n) is 10.5. The summed E-state index contributed by atoms with van der Waals surface area (Å²) in [6.45, 7) is 3.94. The van der Waals surface area contributed by atoms with Crippen molar-refractivity contribution in [2.24, 2.45) is 0 Å². The largest absolute Gasteiger partial charge is 0.497 e. The molecule has 2 aromatic carbocycles. The summed E-state index contributed by atoms with van der Waals surface area (Å²) in [6.07, 6.45) is 0.774. The minimum Gasteiger partial charge on any atom is -0.497 e. The van der Waals surface area contributed by atoms with Gasteiger partial charge in [0, 0.05) is 25.2 Å². The lowest BCUT2D eigenvalue weighted by atomic mass is 10.1. The number of methoxy groups -OCH3 is 2. The molecule has 0 spiro atoms. The molecule has 178 valence electrons. The molecule has 1 unspecified atom stereocenters. The number of nitrogens with one attached hydrogen (secondary N) is 1. The number of nitro groups is 1. The molecule has 33 heavy (non-hydrogen) atoms. The van der Waals surface area contributed by atoms with Gasteiger partial charge in [-0.2, -0.15) is 0 Å². The molecular formula is C23H29N3O7. The maximum atomic E-state index is 13.1. The molecule has 0 radical (unpaired) electrons. The summed E-state index contributed by atoms with van der Waals surface area (Å²) in [6, 6.07) is 10.4. The number of hydrogen-bond acceptors (Lipinski definition) is 7. The van der Waals surface area contributed by atoms with Crippen LogP contribution in [0, 0.1) is 10.1 Å². The van der Waals surface area contributed by atoms with Crippen LogP contribution in [0.3, 0.4) is 0 Å². The molecule has 0 saturated heterocycles. The molecule has 0 aromatic heterocycles. The van der Waals surface area contributed by atoms with E-state index in [1.807, 2.05) is 19.1 Å². The van der Waals surface area contributed by atoms with Gasteiger partial charge in [0.05, 0.1) is 19.1 Å².